The first-order valence-corrected chi connectivity index (χ1v) is 7.17. The van der Waals surface area contributed by atoms with Gasteiger partial charge in [0, 0.05) is 0 Å². The van der Waals surface area contributed by atoms with E-state index in [9.17, 15) is 19.8 Å². The molecule has 0 aromatic heterocycles. The van der Waals surface area contributed by atoms with Gasteiger partial charge >= 0.3 is 11.9 Å². The molecule has 4 nitrogen and oxygen atoms in total. The van der Waals surface area contributed by atoms with Crippen molar-refractivity contribution in [3.63, 3.8) is 0 Å². The van der Waals surface area contributed by atoms with Gasteiger partial charge in [0.1, 0.15) is 0 Å². The Morgan fingerprint density at radius 2 is 1.95 bits per heavy atom. The van der Waals surface area contributed by atoms with Crippen LogP contribution >= 0.6 is 0 Å². The van der Waals surface area contributed by atoms with E-state index in [0.29, 0.717) is 30.1 Å². The molecule has 7 atom stereocenters. The Balaban J connectivity index is 1.76. The topological polar surface area (TPSA) is 74.6 Å². The number of carboxylic acid groups (broad SMARTS) is 2. The van der Waals surface area contributed by atoms with Gasteiger partial charge in [0.25, 0.3) is 0 Å². The highest BCUT2D eigenvalue weighted by Gasteiger charge is 2.70. The summed E-state index contributed by atoms with van der Waals surface area (Å²) in [6, 6.07) is 0. The normalized spacial score (nSPS) is 52.6. The third-order valence-corrected chi connectivity index (χ3v) is 6.50. The van der Waals surface area contributed by atoms with Crippen molar-refractivity contribution < 1.29 is 19.8 Å². The Bertz CT molecular complexity index is 496. The van der Waals surface area contributed by atoms with E-state index in [2.05, 4.69) is 12.2 Å². The molecule has 4 bridgehead atoms. The number of carbonyl (C=O) groups is 2. The SMILES string of the molecule is O=C(O)CC12C3C=CC(C3)C1C1CC2CC1C(=O)O. The Morgan fingerprint density at radius 3 is 2.63 bits per heavy atom. The molecular weight excluding hydrogens is 244 g/mol. The number of hydrogen-bond acceptors (Lipinski definition) is 2. The van der Waals surface area contributed by atoms with Gasteiger partial charge in [-0.1, -0.05) is 12.2 Å². The third kappa shape index (κ3) is 1.20. The van der Waals surface area contributed by atoms with Crippen LogP contribution < -0.4 is 0 Å². The number of carboxylic acids is 2. The summed E-state index contributed by atoms with van der Waals surface area (Å²) in [5.74, 6) is 0.00275. The number of allylic oxidation sites excluding steroid dienone is 2. The Labute approximate surface area is 111 Å². The van der Waals surface area contributed by atoms with Gasteiger partial charge in [-0.25, -0.2) is 0 Å². The van der Waals surface area contributed by atoms with Crippen molar-refractivity contribution in [2.24, 2.45) is 40.9 Å². The quantitative estimate of drug-likeness (QED) is 0.602. The molecule has 0 aromatic rings. The summed E-state index contributed by atoms with van der Waals surface area (Å²) in [6.45, 7) is 0. The fourth-order valence-corrected chi connectivity index (χ4v) is 6.17. The average Bonchev–Trinajstić information content (AvgIpc) is 3.04. The molecule has 3 saturated carbocycles. The fourth-order valence-electron chi connectivity index (χ4n) is 6.17. The summed E-state index contributed by atoms with van der Waals surface area (Å²) in [4.78, 5) is 22.7. The van der Waals surface area contributed by atoms with Crippen LogP contribution in [0, 0.1) is 40.9 Å². The van der Waals surface area contributed by atoms with Gasteiger partial charge in [0.2, 0.25) is 0 Å². The highest BCUT2D eigenvalue weighted by molar-refractivity contribution is 5.72. The van der Waals surface area contributed by atoms with Crippen molar-refractivity contribution in [1.29, 1.82) is 0 Å². The molecule has 4 aliphatic carbocycles. The second kappa shape index (κ2) is 3.41. The lowest BCUT2D eigenvalue weighted by atomic mass is 9.57. The molecule has 0 amide bonds. The molecule has 2 N–H and O–H groups in total. The highest BCUT2D eigenvalue weighted by Crippen LogP contribution is 2.74. The standard InChI is InChI=1S/C15H18O4/c16-12(17)6-15-8-2-1-7(3-8)13(15)10-4-9(15)5-11(10)14(18)19/h1-2,7-11,13H,3-6H2,(H,16,17)(H,18,19). The second-order valence-electron chi connectivity index (χ2n) is 6.88. The zero-order valence-electron chi connectivity index (χ0n) is 10.7. The van der Waals surface area contributed by atoms with Gasteiger partial charge in [-0.15, -0.1) is 0 Å². The van der Waals surface area contributed by atoms with Crippen molar-refractivity contribution in [1.82, 2.24) is 0 Å². The molecule has 4 heteroatoms. The summed E-state index contributed by atoms with van der Waals surface area (Å²) in [5.41, 5.74) is -0.123. The molecule has 0 radical (unpaired) electrons. The van der Waals surface area contributed by atoms with Crippen LogP contribution in [0.4, 0.5) is 0 Å². The molecule has 4 aliphatic rings. The van der Waals surface area contributed by atoms with Crippen LogP contribution in [0.15, 0.2) is 12.2 Å². The molecule has 0 heterocycles. The molecule has 19 heavy (non-hydrogen) atoms. The monoisotopic (exact) mass is 262 g/mol. The van der Waals surface area contributed by atoms with Crippen molar-refractivity contribution in [3.8, 4) is 0 Å². The maximum absolute atomic E-state index is 11.4. The van der Waals surface area contributed by atoms with E-state index in [1.54, 1.807) is 0 Å². The van der Waals surface area contributed by atoms with E-state index in [0.717, 1.165) is 12.8 Å². The maximum atomic E-state index is 11.4. The zero-order valence-corrected chi connectivity index (χ0v) is 10.7. The van der Waals surface area contributed by atoms with Crippen molar-refractivity contribution in [3.05, 3.63) is 12.2 Å². The van der Waals surface area contributed by atoms with Crippen LogP contribution in [-0.2, 0) is 9.59 Å². The number of fused-ring (bicyclic) bond motifs is 9. The number of hydrogen-bond donors (Lipinski definition) is 2. The molecule has 4 rings (SSSR count). The van der Waals surface area contributed by atoms with E-state index in [4.69, 9.17) is 0 Å². The maximum Gasteiger partial charge on any atom is 0.306 e. The predicted molar refractivity (Wildman–Crippen MR) is 66.3 cm³/mol. The molecular formula is C15H18O4. The summed E-state index contributed by atoms with van der Waals surface area (Å²) in [5, 5.41) is 18.7. The lowest BCUT2D eigenvalue weighted by molar-refractivity contribution is -0.148. The van der Waals surface area contributed by atoms with Gasteiger partial charge in [-0.3, -0.25) is 9.59 Å². The molecule has 7 unspecified atom stereocenters. The van der Waals surface area contributed by atoms with E-state index < -0.39 is 11.9 Å². The van der Waals surface area contributed by atoms with Gasteiger partial charge in [-0.2, -0.15) is 0 Å². The molecule has 102 valence electrons. The molecule has 0 aliphatic heterocycles. The van der Waals surface area contributed by atoms with Crippen molar-refractivity contribution in [2.75, 3.05) is 0 Å². The van der Waals surface area contributed by atoms with Crippen LogP contribution in [-0.4, -0.2) is 22.2 Å². The predicted octanol–water partition coefficient (Wildman–Crippen LogP) is 2.01. The van der Waals surface area contributed by atoms with Gasteiger partial charge < -0.3 is 10.2 Å². The lowest BCUT2D eigenvalue weighted by Gasteiger charge is -2.46. The zero-order chi connectivity index (χ0) is 13.4. The van der Waals surface area contributed by atoms with Gasteiger partial charge in [0.05, 0.1) is 12.3 Å². The minimum absolute atomic E-state index is 0.123. The minimum Gasteiger partial charge on any atom is -0.481 e. The summed E-state index contributed by atoms with van der Waals surface area (Å²) in [7, 11) is 0. The minimum atomic E-state index is -0.717. The van der Waals surface area contributed by atoms with E-state index >= 15 is 0 Å². The van der Waals surface area contributed by atoms with Gasteiger partial charge in [0.15, 0.2) is 0 Å². The Kier molecular flexibility index (Phi) is 2.06. The molecule has 0 spiro atoms. The third-order valence-electron chi connectivity index (χ3n) is 6.50. The van der Waals surface area contributed by atoms with E-state index in [-0.39, 0.29) is 23.7 Å². The summed E-state index contributed by atoms with van der Waals surface area (Å²) >= 11 is 0. The van der Waals surface area contributed by atoms with Gasteiger partial charge in [-0.05, 0) is 54.3 Å². The van der Waals surface area contributed by atoms with Crippen molar-refractivity contribution in [2.45, 2.75) is 25.7 Å². The first-order valence-electron chi connectivity index (χ1n) is 7.17. The smallest absolute Gasteiger partial charge is 0.306 e. The lowest BCUT2D eigenvalue weighted by Crippen LogP contribution is -2.45. The summed E-state index contributed by atoms with van der Waals surface area (Å²) < 4.78 is 0. The van der Waals surface area contributed by atoms with E-state index in [1.807, 2.05) is 0 Å². The molecule has 3 fully saturated rings. The number of rotatable bonds is 3. The highest BCUT2D eigenvalue weighted by atomic mass is 16.4. The first kappa shape index (κ1) is 11.5. The van der Waals surface area contributed by atoms with Crippen LogP contribution in [0.2, 0.25) is 0 Å². The Hall–Kier alpha value is -1.32. The Morgan fingerprint density at radius 1 is 1.16 bits per heavy atom. The van der Waals surface area contributed by atoms with Crippen LogP contribution in [0.1, 0.15) is 25.7 Å². The van der Waals surface area contributed by atoms with Crippen LogP contribution in [0.5, 0.6) is 0 Å². The molecule has 0 saturated heterocycles. The van der Waals surface area contributed by atoms with Crippen LogP contribution in [0.25, 0.3) is 0 Å². The van der Waals surface area contributed by atoms with Crippen LogP contribution in [0.3, 0.4) is 0 Å². The van der Waals surface area contributed by atoms with Crippen molar-refractivity contribution >= 4 is 11.9 Å². The average molecular weight is 262 g/mol. The molecule has 0 aromatic carbocycles. The van der Waals surface area contributed by atoms with E-state index in [1.165, 1.54) is 0 Å². The largest absolute Gasteiger partial charge is 0.481 e. The number of aliphatic carboxylic acids is 2. The first-order chi connectivity index (χ1) is 9.04. The second-order valence-corrected chi connectivity index (χ2v) is 6.88. The summed E-state index contributed by atoms with van der Waals surface area (Å²) in [6.07, 6.45) is 7.34. The fraction of sp³-hybridized carbons (Fsp3) is 0.733.